The number of hydrogen-bond donors (Lipinski definition) is 0. The van der Waals surface area contributed by atoms with Gasteiger partial charge in [-0.05, 0) is 60.1 Å². The molecule has 2 nitrogen and oxygen atoms in total. The van der Waals surface area contributed by atoms with Gasteiger partial charge in [0.15, 0.2) is 5.78 Å². The van der Waals surface area contributed by atoms with Crippen molar-refractivity contribution in [2.45, 2.75) is 58.8 Å². The van der Waals surface area contributed by atoms with Crippen LogP contribution in [0.2, 0.25) is 0 Å². The van der Waals surface area contributed by atoms with Crippen LogP contribution >= 0.6 is 0 Å². The predicted octanol–water partition coefficient (Wildman–Crippen LogP) is 6.71. The average molecular weight is 365 g/mol. The van der Waals surface area contributed by atoms with E-state index in [-0.39, 0.29) is 5.92 Å². The highest BCUT2D eigenvalue weighted by atomic mass is 16.5. The smallest absolute Gasteiger partial charge is 0.166 e. The van der Waals surface area contributed by atoms with Crippen LogP contribution in [-0.2, 0) is 6.42 Å². The van der Waals surface area contributed by atoms with Crippen molar-refractivity contribution in [2.75, 3.05) is 7.11 Å². The van der Waals surface area contributed by atoms with Gasteiger partial charge >= 0.3 is 0 Å². The van der Waals surface area contributed by atoms with Crippen LogP contribution in [0.1, 0.15) is 68.3 Å². The first-order valence-electron chi connectivity index (χ1n) is 10.5. The number of methoxy groups -OCH3 is 1. The Labute approximate surface area is 164 Å². The van der Waals surface area contributed by atoms with Gasteiger partial charge in [-0.15, -0.1) is 0 Å². The van der Waals surface area contributed by atoms with E-state index in [4.69, 9.17) is 4.74 Å². The fourth-order valence-electron chi connectivity index (χ4n) is 4.26. The Hall–Kier alpha value is -2.09. The molecule has 0 bridgehead atoms. The van der Waals surface area contributed by atoms with Crippen molar-refractivity contribution in [1.82, 2.24) is 0 Å². The number of ketones is 1. The fraction of sp³-hybridized carbons (Fsp3) is 0.480. The lowest BCUT2D eigenvalue weighted by molar-refractivity contribution is 0.0925. The Morgan fingerprint density at radius 1 is 1.07 bits per heavy atom. The van der Waals surface area contributed by atoms with Crippen molar-refractivity contribution in [3.63, 3.8) is 0 Å². The molecule has 1 unspecified atom stereocenters. The lowest BCUT2D eigenvalue weighted by Crippen LogP contribution is -2.11. The van der Waals surface area contributed by atoms with Gasteiger partial charge in [0, 0.05) is 11.5 Å². The molecule has 1 aliphatic rings. The zero-order chi connectivity index (χ0) is 19.2. The number of carbonyl (C=O) groups excluding carboxylic acids is 1. The molecule has 0 heterocycles. The molecule has 0 radical (unpaired) electrons. The Kier molecular flexibility index (Phi) is 6.71. The van der Waals surface area contributed by atoms with E-state index < -0.39 is 0 Å². The molecule has 144 valence electrons. The van der Waals surface area contributed by atoms with Crippen LogP contribution in [0.15, 0.2) is 42.5 Å². The number of benzene rings is 2. The molecule has 3 rings (SSSR count). The summed E-state index contributed by atoms with van der Waals surface area (Å²) in [6.45, 7) is 4.54. The lowest BCUT2D eigenvalue weighted by Gasteiger charge is -2.16. The van der Waals surface area contributed by atoms with Crippen molar-refractivity contribution >= 4 is 5.78 Å². The number of fused-ring (bicyclic) bond motifs is 1. The zero-order valence-electron chi connectivity index (χ0n) is 17.0. The molecule has 0 N–H and O–H groups in total. The van der Waals surface area contributed by atoms with Crippen LogP contribution in [0.5, 0.6) is 5.75 Å². The maximum atomic E-state index is 13.0. The normalized spacial score (nSPS) is 17.0. The molecule has 0 saturated carbocycles. The first kappa shape index (κ1) is 19.7. The van der Waals surface area contributed by atoms with E-state index >= 15 is 0 Å². The van der Waals surface area contributed by atoms with Gasteiger partial charge in [-0.3, -0.25) is 4.79 Å². The minimum absolute atomic E-state index is 0.177. The third-order valence-corrected chi connectivity index (χ3v) is 6.08. The third kappa shape index (κ3) is 4.61. The van der Waals surface area contributed by atoms with Gasteiger partial charge in [-0.1, -0.05) is 63.8 Å². The summed E-state index contributed by atoms with van der Waals surface area (Å²) in [6, 6.07) is 14.4. The van der Waals surface area contributed by atoms with Gasteiger partial charge in [-0.2, -0.15) is 0 Å². The first-order chi connectivity index (χ1) is 13.2. The van der Waals surface area contributed by atoms with Gasteiger partial charge in [0.05, 0.1) is 7.11 Å². The molecule has 0 amide bonds. The topological polar surface area (TPSA) is 26.3 Å². The van der Waals surface area contributed by atoms with Crippen LogP contribution in [0.3, 0.4) is 0 Å². The Morgan fingerprint density at radius 3 is 2.63 bits per heavy atom. The average Bonchev–Trinajstić information content (AvgIpc) is 3.03. The minimum Gasteiger partial charge on any atom is -0.497 e. The summed E-state index contributed by atoms with van der Waals surface area (Å²) in [5, 5.41) is 0. The molecule has 0 aromatic heterocycles. The molecule has 2 heteroatoms. The highest BCUT2D eigenvalue weighted by Gasteiger charge is 2.30. The van der Waals surface area contributed by atoms with Crippen LogP contribution in [0.4, 0.5) is 0 Å². The quantitative estimate of drug-likeness (QED) is 0.494. The maximum Gasteiger partial charge on any atom is 0.166 e. The highest BCUT2D eigenvalue weighted by molar-refractivity contribution is 6.03. The molecule has 27 heavy (non-hydrogen) atoms. The molecule has 0 aliphatic heterocycles. The standard InChI is InChI=1S/C25H32O2/c1-4-6-8-18(5-2)11-12-22-15-21-14-13-20(17-24(21)25(22)26)19-9-7-10-23(16-19)27-3/h7,9-10,13-14,16-18,22H,4-6,8,11-12,15H2,1-3H3/t18-,22?/m0/s1. The van der Waals surface area contributed by atoms with E-state index in [1.54, 1.807) is 7.11 Å². The van der Waals surface area contributed by atoms with Crippen molar-refractivity contribution in [2.24, 2.45) is 11.8 Å². The highest BCUT2D eigenvalue weighted by Crippen LogP contribution is 2.35. The van der Waals surface area contributed by atoms with Gasteiger partial charge in [-0.25, -0.2) is 0 Å². The first-order valence-corrected chi connectivity index (χ1v) is 10.5. The van der Waals surface area contributed by atoms with Crippen LogP contribution in [0.25, 0.3) is 11.1 Å². The summed E-state index contributed by atoms with van der Waals surface area (Å²) in [4.78, 5) is 13.0. The second kappa shape index (κ2) is 9.21. The number of rotatable bonds is 9. The summed E-state index contributed by atoms with van der Waals surface area (Å²) in [6.07, 6.45) is 8.23. The fourth-order valence-corrected chi connectivity index (χ4v) is 4.26. The van der Waals surface area contributed by atoms with E-state index in [1.165, 1.54) is 37.7 Å². The lowest BCUT2D eigenvalue weighted by atomic mass is 9.89. The van der Waals surface area contributed by atoms with Crippen molar-refractivity contribution < 1.29 is 9.53 Å². The van der Waals surface area contributed by atoms with Crippen molar-refractivity contribution in [1.29, 1.82) is 0 Å². The number of unbranched alkanes of at least 4 members (excludes halogenated alkanes) is 1. The number of Topliss-reactive ketones (excluding diaryl/α,β-unsaturated/α-hetero) is 1. The summed E-state index contributed by atoms with van der Waals surface area (Å²) >= 11 is 0. The summed E-state index contributed by atoms with van der Waals surface area (Å²) in [5.41, 5.74) is 4.34. The molecule has 2 aromatic rings. The molecular formula is C25H32O2. The summed E-state index contributed by atoms with van der Waals surface area (Å²) in [5.74, 6) is 2.14. The summed E-state index contributed by atoms with van der Waals surface area (Å²) < 4.78 is 5.33. The van der Waals surface area contributed by atoms with Crippen LogP contribution in [0, 0.1) is 11.8 Å². The minimum atomic E-state index is 0.177. The number of carbonyl (C=O) groups is 1. The van der Waals surface area contributed by atoms with E-state index in [1.807, 2.05) is 18.2 Å². The summed E-state index contributed by atoms with van der Waals surface area (Å²) in [7, 11) is 1.68. The van der Waals surface area contributed by atoms with Crippen molar-refractivity contribution in [3.8, 4) is 16.9 Å². The third-order valence-electron chi connectivity index (χ3n) is 6.08. The van der Waals surface area contributed by atoms with E-state index in [2.05, 4.69) is 38.1 Å². The van der Waals surface area contributed by atoms with Gasteiger partial charge in [0.25, 0.3) is 0 Å². The van der Waals surface area contributed by atoms with Gasteiger partial charge in [0.2, 0.25) is 0 Å². The number of hydrogen-bond acceptors (Lipinski definition) is 2. The van der Waals surface area contributed by atoms with Crippen LogP contribution in [-0.4, -0.2) is 12.9 Å². The van der Waals surface area contributed by atoms with Crippen molar-refractivity contribution in [3.05, 3.63) is 53.6 Å². The number of ether oxygens (including phenoxy) is 1. The monoisotopic (exact) mass is 364 g/mol. The molecule has 2 aromatic carbocycles. The maximum absolute atomic E-state index is 13.0. The van der Waals surface area contributed by atoms with E-state index in [0.29, 0.717) is 5.78 Å². The Bertz CT molecular complexity index is 778. The SMILES string of the molecule is CCCC[C@H](CC)CCC1Cc2ccc(-c3cccc(OC)c3)cc2C1=O. The molecule has 0 spiro atoms. The largest absolute Gasteiger partial charge is 0.497 e. The second-order valence-corrected chi connectivity index (χ2v) is 7.86. The molecule has 2 atom stereocenters. The van der Waals surface area contributed by atoms with Gasteiger partial charge < -0.3 is 4.74 Å². The van der Waals surface area contributed by atoms with E-state index in [0.717, 1.165) is 41.2 Å². The van der Waals surface area contributed by atoms with Crippen LogP contribution < -0.4 is 4.74 Å². The zero-order valence-corrected chi connectivity index (χ0v) is 17.0. The molecular weight excluding hydrogens is 332 g/mol. The second-order valence-electron chi connectivity index (χ2n) is 7.86. The van der Waals surface area contributed by atoms with E-state index in [9.17, 15) is 4.79 Å². The molecule has 0 fully saturated rings. The molecule has 0 saturated heterocycles. The molecule has 1 aliphatic carbocycles. The Morgan fingerprint density at radius 2 is 1.89 bits per heavy atom. The predicted molar refractivity (Wildman–Crippen MR) is 112 cm³/mol. The van der Waals surface area contributed by atoms with Gasteiger partial charge in [0.1, 0.15) is 5.75 Å². The Balaban J connectivity index is 1.70.